The maximum Gasteiger partial charge on any atom is 0.257 e. The summed E-state index contributed by atoms with van der Waals surface area (Å²) in [5.74, 6) is 2.04. The van der Waals surface area contributed by atoms with Crippen LogP contribution in [0.2, 0.25) is 0 Å². The topological polar surface area (TPSA) is 51.0 Å². The molecule has 0 spiro atoms. The van der Waals surface area contributed by atoms with E-state index in [2.05, 4.69) is 64.0 Å². The van der Waals surface area contributed by atoms with Gasteiger partial charge in [-0.3, -0.25) is 0 Å². The highest BCUT2D eigenvalue weighted by molar-refractivity contribution is 5.65. The lowest BCUT2D eigenvalue weighted by Crippen LogP contribution is -2.11. The molecule has 1 N–H and O–H groups in total. The van der Waals surface area contributed by atoms with Crippen LogP contribution in [0.5, 0.6) is 0 Å². The molecule has 0 saturated heterocycles. The van der Waals surface area contributed by atoms with E-state index in [-0.39, 0.29) is 0 Å². The number of anilines is 1. The third-order valence-electron chi connectivity index (χ3n) is 5.44. The average molecular weight is 361 g/mol. The first-order valence-corrected chi connectivity index (χ1v) is 9.99. The van der Waals surface area contributed by atoms with E-state index in [4.69, 9.17) is 4.52 Å². The van der Waals surface area contributed by atoms with E-state index in [1.165, 1.54) is 48.9 Å². The van der Waals surface area contributed by atoms with Crippen molar-refractivity contribution in [1.82, 2.24) is 10.1 Å². The molecule has 1 fully saturated rings. The molecule has 1 aliphatic rings. The Hall–Kier alpha value is -2.62. The Balaban J connectivity index is 1.58. The van der Waals surface area contributed by atoms with E-state index in [1.807, 2.05) is 6.92 Å². The van der Waals surface area contributed by atoms with Gasteiger partial charge in [0.2, 0.25) is 0 Å². The summed E-state index contributed by atoms with van der Waals surface area (Å²) in [7, 11) is 0. The summed E-state index contributed by atoms with van der Waals surface area (Å²) >= 11 is 0. The Morgan fingerprint density at radius 3 is 2.59 bits per heavy atom. The van der Waals surface area contributed by atoms with E-state index < -0.39 is 0 Å². The van der Waals surface area contributed by atoms with E-state index >= 15 is 0 Å². The molecule has 1 aromatic heterocycles. The highest BCUT2D eigenvalue weighted by Crippen LogP contribution is 2.32. The number of nitrogens with zero attached hydrogens (tertiary/aromatic N) is 2. The SMILES string of the molecule is Cc1noc(-c2ccc(CC3CCCCC3)c(NCc3ccccc3)c2)n1. The van der Waals surface area contributed by atoms with Gasteiger partial charge in [-0.15, -0.1) is 0 Å². The van der Waals surface area contributed by atoms with Crippen LogP contribution in [0.3, 0.4) is 0 Å². The smallest absolute Gasteiger partial charge is 0.257 e. The second-order valence-electron chi connectivity index (χ2n) is 7.57. The molecule has 1 aliphatic carbocycles. The zero-order chi connectivity index (χ0) is 18.5. The average Bonchev–Trinajstić information content (AvgIpc) is 3.15. The number of rotatable bonds is 6. The predicted octanol–water partition coefficient (Wildman–Crippen LogP) is 5.78. The Morgan fingerprint density at radius 2 is 1.85 bits per heavy atom. The molecule has 0 amide bonds. The van der Waals surface area contributed by atoms with Gasteiger partial charge in [-0.2, -0.15) is 4.98 Å². The lowest BCUT2D eigenvalue weighted by molar-refractivity contribution is 0.357. The predicted molar refractivity (Wildman–Crippen MR) is 109 cm³/mol. The van der Waals surface area contributed by atoms with Gasteiger partial charge in [0.05, 0.1) is 0 Å². The van der Waals surface area contributed by atoms with Crippen LogP contribution in [0, 0.1) is 12.8 Å². The van der Waals surface area contributed by atoms with Gasteiger partial charge >= 0.3 is 0 Å². The normalized spacial score (nSPS) is 15.0. The Kier molecular flexibility index (Phi) is 5.52. The first-order valence-electron chi connectivity index (χ1n) is 9.99. The molecule has 3 aromatic rings. The number of hydrogen-bond donors (Lipinski definition) is 1. The van der Waals surface area contributed by atoms with Gasteiger partial charge in [-0.05, 0) is 42.5 Å². The van der Waals surface area contributed by atoms with E-state index in [0.717, 1.165) is 24.4 Å². The molecular weight excluding hydrogens is 334 g/mol. The number of aromatic nitrogens is 2. The van der Waals surface area contributed by atoms with Crippen LogP contribution in [0.25, 0.3) is 11.5 Å². The van der Waals surface area contributed by atoms with Gasteiger partial charge in [-0.1, -0.05) is 73.7 Å². The monoisotopic (exact) mass is 361 g/mol. The second-order valence-corrected chi connectivity index (χ2v) is 7.57. The summed E-state index contributed by atoms with van der Waals surface area (Å²) in [6.07, 6.45) is 7.98. The van der Waals surface area contributed by atoms with Crippen LogP contribution in [0.15, 0.2) is 53.1 Å². The molecule has 0 radical (unpaired) electrons. The molecule has 1 heterocycles. The third kappa shape index (κ3) is 4.57. The van der Waals surface area contributed by atoms with E-state index in [1.54, 1.807) is 0 Å². The van der Waals surface area contributed by atoms with Crippen molar-refractivity contribution in [3.8, 4) is 11.5 Å². The van der Waals surface area contributed by atoms with Gasteiger partial charge in [0.25, 0.3) is 5.89 Å². The number of benzene rings is 2. The van der Waals surface area contributed by atoms with E-state index in [0.29, 0.717) is 11.7 Å². The van der Waals surface area contributed by atoms with Crippen molar-refractivity contribution >= 4 is 5.69 Å². The summed E-state index contributed by atoms with van der Waals surface area (Å²) in [4.78, 5) is 4.38. The molecule has 4 heteroatoms. The van der Waals surface area contributed by atoms with Crippen LogP contribution in [-0.4, -0.2) is 10.1 Å². The zero-order valence-electron chi connectivity index (χ0n) is 15.9. The van der Waals surface area contributed by atoms with Crippen molar-refractivity contribution in [2.24, 2.45) is 5.92 Å². The maximum absolute atomic E-state index is 5.37. The fraction of sp³-hybridized carbons (Fsp3) is 0.391. The van der Waals surface area contributed by atoms with Crippen LogP contribution in [0.4, 0.5) is 5.69 Å². The number of hydrogen-bond acceptors (Lipinski definition) is 4. The summed E-state index contributed by atoms with van der Waals surface area (Å²) < 4.78 is 5.37. The molecule has 1 saturated carbocycles. The fourth-order valence-electron chi connectivity index (χ4n) is 3.96. The Bertz CT molecular complexity index is 866. The second kappa shape index (κ2) is 8.38. The lowest BCUT2D eigenvalue weighted by Gasteiger charge is -2.23. The third-order valence-corrected chi connectivity index (χ3v) is 5.44. The van der Waals surface area contributed by atoms with Crippen molar-refractivity contribution in [3.63, 3.8) is 0 Å². The van der Waals surface area contributed by atoms with Gasteiger partial charge in [0.1, 0.15) is 0 Å². The minimum absolute atomic E-state index is 0.583. The van der Waals surface area contributed by atoms with Crippen LogP contribution in [0.1, 0.15) is 49.1 Å². The summed E-state index contributed by atoms with van der Waals surface area (Å²) in [6.45, 7) is 2.66. The van der Waals surface area contributed by atoms with Crippen LogP contribution >= 0.6 is 0 Å². The molecule has 4 nitrogen and oxygen atoms in total. The molecule has 0 aliphatic heterocycles. The molecule has 2 aromatic carbocycles. The summed E-state index contributed by atoms with van der Waals surface area (Å²) in [6, 6.07) is 17.0. The quantitative estimate of drug-likeness (QED) is 0.604. The minimum Gasteiger partial charge on any atom is -0.381 e. The minimum atomic E-state index is 0.583. The fourth-order valence-corrected chi connectivity index (χ4v) is 3.96. The van der Waals surface area contributed by atoms with Crippen molar-refractivity contribution in [2.45, 2.75) is 52.0 Å². The lowest BCUT2D eigenvalue weighted by atomic mass is 9.84. The number of aryl methyl sites for hydroxylation is 1. The first kappa shape index (κ1) is 17.8. The molecular formula is C23H27N3O. The molecule has 140 valence electrons. The van der Waals surface area contributed by atoms with Crippen molar-refractivity contribution in [1.29, 1.82) is 0 Å². The van der Waals surface area contributed by atoms with Gasteiger partial charge < -0.3 is 9.84 Å². The van der Waals surface area contributed by atoms with E-state index in [9.17, 15) is 0 Å². The zero-order valence-corrected chi connectivity index (χ0v) is 15.9. The van der Waals surface area contributed by atoms with Crippen LogP contribution in [-0.2, 0) is 13.0 Å². The standard InChI is InChI=1S/C23H27N3O/c1-17-25-23(27-26-17)21-13-12-20(14-18-8-4-2-5-9-18)22(15-21)24-16-19-10-6-3-7-11-19/h3,6-7,10-13,15,18,24H,2,4-5,8-9,14,16H2,1H3. The van der Waals surface area contributed by atoms with Gasteiger partial charge in [0, 0.05) is 17.8 Å². The van der Waals surface area contributed by atoms with Gasteiger partial charge in [-0.25, -0.2) is 0 Å². The molecule has 4 rings (SSSR count). The van der Waals surface area contributed by atoms with Crippen molar-refractivity contribution in [2.75, 3.05) is 5.32 Å². The summed E-state index contributed by atoms with van der Waals surface area (Å²) in [5, 5.41) is 7.57. The Morgan fingerprint density at radius 1 is 1.04 bits per heavy atom. The summed E-state index contributed by atoms with van der Waals surface area (Å²) in [5.41, 5.74) is 4.81. The highest BCUT2D eigenvalue weighted by atomic mass is 16.5. The Labute approximate surface area is 161 Å². The molecule has 27 heavy (non-hydrogen) atoms. The van der Waals surface area contributed by atoms with Crippen molar-refractivity contribution < 1.29 is 4.52 Å². The van der Waals surface area contributed by atoms with Crippen LogP contribution < -0.4 is 5.32 Å². The number of nitrogens with one attached hydrogen (secondary N) is 1. The van der Waals surface area contributed by atoms with Crippen molar-refractivity contribution in [3.05, 3.63) is 65.5 Å². The molecule has 0 atom stereocenters. The maximum atomic E-state index is 5.37. The largest absolute Gasteiger partial charge is 0.381 e. The highest BCUT2D eigenvalue weighted by Gasteiger charge is 2.17. The molecule has 0 bridgehead atoms. The first-order chi connectivity index (χ1) is 13.3. The van der Waals surface area contributed by atoms with Gasteiger partial charge in [0.15, 0.2) is 5.82 Å². The molecule has 0 unspecified atom stereocenters.